The summed E-state index contributed by atoms with van der Waals surface area (Å²) in [4.78, 5) is 41.2. The van der Waals surface area contributed by atoms with Crippen LogP contribution in [-0.2, 0) is 15.1 Å². The lowest BCUT2D eigenvalue weighted by molar-refractivity contribution is -0.140. The molecule has 4 amide bonds. The quantitative estimate of drug-likeness (QED) is 0.841. The minimum Gasteiger partial charge on any atom is -0.341 e. The van der Waals surface area contributed by atoms with Crippen molar-refractivity contribution in [2.45, 2.75) is 39.2 Å². The van der Waals surface area contributed by atoms with Gasteiger partial charge < -0.3 is 10.2 Å². The number of carbonyl (C=O) groups excluding carboxylic acids is 3. The summed E-state index contributed by atoms with van der Waals surface area (Å²) in [6.45, 7) is 7.29. The molecule has 0 saturated carbocycles. The van der Waals surface area contributed by atoms with Crippen LogP contribution in [0, 0.1) is 11.8 Å². The molecule has 1 N–H and O–H groups in total. The van der Waals surface area contributed by atoms with Crippen molar-refractivity contribution in [3.63, 3.8) is 0 Å². The topological polar surface area (TPSA) is 69.7 Å². The predicted octanol–water partition coefficient (Wildman–Crippen LogP) is 2.35. The highest BCUT2D eigenvalue weighted by Gasteiger charge is 2.51. The van der Waals surface area contributed by atoms with Gasteiger partial charge in [-0.2, -0.15) is 0 Å². The average molecular weight is 357 g/mol. The molecular formula is C20H27N3O3. The third kappa shape index (κ3) is 3.20. The molecule has 1 aromatic carbocycles. The van der Waals surface area contributed by atoms with Gasteiger partial charge in [0, 0.05) is 13.1 Å². The molecule has 6 nitrogen and oxygen atoms in total. The van der Waals surface area contributed by atoms with Crippen LogP contribution in [0.2, 0.25) is 0 Å². The minimum absolute atomic E-state index is 0.160. The summed E-state index contributed by atoms with van der Waals surface area (Å²) in [6, 6.07) is 8.73. The Bertz CT molecular complexity index is 696. The molecule has 1 aromatic rings. The smallest absolute Gasteiger partial charge is 0.325 e. The van der Waals surface area contributed by atoms with Gasteiger partial charge in [-0.05, 0) is 30.2 Å². The lowest BCUT2D eigenvalue weighted by Gasteiger charge is -2.35. The number of rotatable bonds is 4. The van der Waals surface area contributed by atoms with Gasteiger partial charge in [0.1, 0.15) is 12.1 Å². The zero-order valence-electron chi connectivity index (χ0n) is 15.7. The highest BCUT2D eigenvalue weighted by Crippen LogP contribution is 2.32. The third-order valence-electron chi connectivity index (χ3n) is 5.49. The molecule has 0 bridgehead atoms. The van der Waals surface area contributed by atoms with Gasteiger partial charge in [-0.1, -0.05) is 51.1 Å². The SMILES string of the molecule is CC[C@]1(c2ccccc2)NC(=O)N(CC(=O)N2C[C@@H](C)C[C@H](C)C2)C1=O. The fourth-order valence-electron chi connectivity index (χ4n) is 4.23. The maximum Gasteiger partial charge on any atom is 0.325 e. The van der Waals surface area contributed by atoms with Crippen LogP contribution in [0.15, 0.2) is 30.3 Å². The van der Waals surface area contributed by atoms with E-state index in [9.17, 15) is 14.4 Å². The number of amides is 4. The summed E-state index contributed by atoms with van der Waals surface area (Å²) in [7, 11) is 0. The first-order valence-electron chi connectivity index (χ1n) is 9.34. The molecule has 0 radical (unpaired) electrons. The number of imide groups is 1. The van der Waals surface area contributed by atoms with E-state index in [4.69, 9.17) is 0 Å². The molecule has 3 rings (SSSR count). The molecule has 2 saturated heterocycles. The highest BCUT2D eigenvalue weighted by molar-refractivity contribution is 6.09. The van der Waals surface area contributed by atoms with Crippen molar-refractivity contribution in [2.24, 2.45) is 11.8 Å². The Hall–Kier alpha value is -2.37. The predicted molar refractivity (Wildman–Crippen MR) is 98.2 cm³/mol. The molecular weight excluding hydrogens is 330 g/mol. The molecule has 2 heterocycles. The van der Waals surface area contributed by atoms with Crippen LogP contribution in [0.1, 0.15) is 39.2 Å². The molecule has 0 unspecified atom stereocenters. The van der Waals surface area contributed by atoms with Crippen LogP contribution in [0.25, 0.3) is 0 Å². The number of hydrogen-bond acceptors (Lipinski definition) is 3. The van der Waals surface area contributed by atoms with E-state index < -0.39 is 11.6 Å². The van der Waals surface area contributed by atoms with Crippen LogP contribution < -0.4 is 5.32 Å². The second kappa shape index (κ2) is 7.09. The lowest BCUT2D eigenvalue weighted by atomic mass is 9.87. The highest BCUT2D eigenvalue weighted by atomic mass is 16.2. The van der Waals surface area contributed by atoms with Crippen LogP contribution in [-0.4, -0.2) is 47.3 Å². The van der Waals surface area contributed by atoms with Gasteiger partial charge in [0.15, 0.2) is 0 Å². The van der Waals surface area contributed by atoms with Crippen LogP contribution in [0.3, 0.4) is 0 Å². The molecule has 3 atom stereocenters. The standard InChI is InChI=1S/C20H27N3O3/c1-4-20(16-8-6-5-7-9-16)18(25)23(19(26)21-20)13-17(24)22-11-14(2)10-15(3)12-22/h5-9,14-15H,4,10-13H2,1-3H3,(H,21,26)/t14-,15-,20+/m0/s1. The molecule has 0 aromatic heterocycles. The van der Waals surface area contributed by atoms with Gasteiger partial charge >= 0.3 is 6.03 Å². The van der Waals surface area contributed by atoms with E-state index in [0.717, 1.165) is 16.9 Å². The Balaban J connectivity index is 1.78. The Kier molecular flexibility index (Phi) is 5.03. The fraction of sp³-hybridized carbons (Fsp3) is 0.550. The first-order chi connectivity index (χ1) is 12.4. The second-order valence-corrected chi connectivity index (χ2v) is 7.69. The second-order valence-electron chi connectivity index (χ2n) is 7.69. The minimum atomic E-state index is -1.08. The summed E-state index contributed by atoms with van der Waals surface area (Å²) in [6.07, 6.45) is 1.53. The normalized spacial score (nSPS) is 29.0. The Morgan fingerprint density at radius 3 is 2.35 bits per heavy atom. The Labute approximate surface area is 154 Å². The number of hydrogen-bond donors (Lipinski definition) is 1. The van der Waals surface area contributed by atoms with E-state index in [1.54, 1.807) is 4.90 Å². The van der Waals surface area contributed by atoms with E-state index in [2.05, 4.69) is 19.2 Å². The van der Waals surface area contributed by atoms with Crippen molar-refractivity contribution in [2.75, 3.05) is 19.6 Å². The van der Waals surface area contributed by atoms with Crippen LogP contribution >= 0.6 is 0 Å². The fourth-order valence-corrected chi connectivity index (χ4v) is 4.23. The molecule has 2 aliphatic rings. The van der Waals surface area contributed by atoms with Gasteiger partial charge in [-0.25, -0.2) is 4.79 Å². The van der Waals surface area contributed by atoms with Crippen LogP contribution in [0.4, 0.5) is 4.79 Å². The lowest BCUT2D eigenvalue weighted by Crippen LogP contribution is -2.49. The molecule has 26 heavy (non-hydrogen) atoms. The van der Waals surface area contributed by atoms with Crippen molar-refractivity contribution in [3.05, 3.63) is 35.9 Å². The molecule has 6 heteroatoms. The number of carbonyl (C=O) groups is 3. The van der Waals surface area contributed by atoms with E-state index in [0.29, 0.717) is 31.3 Å². The van der Waals surface area contributed by atoms with E-state index >= 15 is 0 Å². The van der Waals surface area contributed by atoms with Crippen molar-refractivity contribution in [1.82, 2.24) is 15.1 Å². The summed E-state index contributed by atoms with van der Waals surface area (Å²) >= 11 is 0. The van der Waals surface area contributed by atoms with Crippen molar-refractivity contribution in [1.29, 1.82) is 0 Å². The average Bonchev–Trinajstić information content (AvgIpc) is 2.86. The third-order valence-corrected chi connectivity index (χ3v) is 5.49. The molecule has 0 aliphatic carbocycles. The van der Waals surface area contributed by atoms with Crippen molar-refractivity contribution in [3.8, 4) is 0 Å². The monoisotopic (exact) mass is 357 g/mol. The molecule has 140 valence electrons. The summed E-state index contributed by atoms with van der Waals surface area (Å²) in [5, 5.41) is 2.83. The van der Waals surface area contributed by atoms with Gasteiger partial charge in [0.2, 0.25) is 5.91 Å². The number of nitrogens with one attached hydrogen (secondary N) is 1. The van der Waals surface area contributed by atoms with Gasteiger partial charge in [0.25, 0.3) is 5.91 Å². The maximum absolute atomic E-state index is 13.1. The van der Waals surface area contributed by atoms with E-state index in [1.807, 2.05) is 37.3 Å². The van der Waals surface area contributed by atoms with Crippen molar-refractivity contribution >= 4 is 17.8 Å². The zero-order valence-corrected chi connectivity index (χ0v) is 15.7. The zero-order chi connectivity index (χ0) is 18.9. The molecule has 2 fully saturated rings. The molecule has 0 spiro atoms. The summed E-state index contributed by atoms with van der Waals surface area (Å²) in [5.41, 5.74) is -0.336. The Morgan fingerprint density at radius 1 is 1.15 bits per heavy atom. The first kappa shape index (κ1) is 18.4. The first-order valence-corrected chi connectivity index (χ1v) is 9.34. The largest absolute Gasteiger partial charge is 0.341 e. The summed E-state index contributed by atoms with van der Waals surface area (Å²) < 4.78 is 0. The van der Waals surface area contributed by atoms with Gasteiger partial charge in [0.05, 0.1) is 0 Å². The van der Waals surface area contributed by atoms with Gasteiger partial charge in [-0.3, -0.25) is 14.5 Å². The number of urea groups is 1. The summed E-state index contributed by atoms with van der Waals surface area (Å²) in [5.74, 6) is 0.365. The van der Waals surface area contributed by atoms with E-state index in [1.165, 1.54) is 0 Å². The maximum atomic E-state index is 13.1. The van der Waals surface area contributed by atoms with E-state index in [-0.39, 0.29) is 18.4 Å². The number of nitrogens with zero attached hydrogens (tertiary/aromatic N) is 2. The van der Waals surface area contributed by atoms with Crippen molar-refractivity contribution < 1.29 is 14.4 Å². The number of benzene rings is 1. The Morgan fingerprint density at radius 2 is 1.77 bits per heavy atom. The van der Waals surface area contributed by atoms with Crippen LogP contribution in [0.5, 0.6) is 0 Å². The van der Waals surface area contributed by atoms with Gasteiger partial charge in [-0.15, -0.1) is 0 Å². The number of piperidine rings is 1. The number of likely N-dealkylation sites (tertiary alicyclic amines) is 1. The molecule has 2 aliphatic heterocycles.